The summed E-state index contributed by atoms with van der Waals surface area (Å²) in [4.78, 5) is 35.2. The summed E-state index contributed by atoms with van der Waals surface area (Å²) >= 11 is 0. The summed E-state index contributed by atoms with van der Waals surface area (Å²) in [6.07, 6.45) is 2.11. The van der Waals surface area contributed by atoms with Crippen molar-refractivity contribution in [3.05, 3.63) is 96.1 Å². The standard InChI is InChI=1S/C17H22NO3.C14H13NO/c1-13(19)21-17-12-18(9-7-15(17)8-10-18)11-16(20)14-5-3-2-4-6-14;1-11(16)13-9-5-6-10-14(13)15-12-7-3-2-4-8-12/h2-6,15,17H,7-12H2,1H3;2-10,15H,1H3/q+1;. The first kappa shape index (κ1) is 26.3. The first-order chi connectivity index (χ1) is 17.8. The predicted molar refractivity (Wildman–Crippen MR) is 145 cm³/mol. The van der Waals surface area contributed by atoms with E-state index in [0.29, 0.717) is 18.0 Å². The Kier molecular flexibility index (Phi) is 8.51. The van der Waals surface area contributed by atoms with Crippen molar-refractivity contribution >= 4 is 28.9 Å². The number of quaternary nitrogens is 1. The van der Waals surface area contributed by atoms with Crippen LogP contribution in [-0.2, 0) is 9.53 Å². The van der Waals surface area contributed by atoms with Crippen molar-refractivity contribution in [2.75, 3.05) is 31.5 Å². The second kappa shape index (κ2) is 12.0. The van der Waals surface area contributed by atoms with Crippen LogP contribution in [0.5, 0.6) is 0 Å². The van der Waals surface area contributed by atoms with Gasteiger partial charge in [0.2, 0.25) is 5.78 Å². The van der Waals surface area contributed by atoms with E-state index in [1.54, 1.807) is 6.92 Å². The Hall–Kier alpha value is -3.77. The van der Waals surface area contributed by atoms with Crippen molar-refractivity contribution in [3.8, 4) is 0 Å². The fourth-order valence-electron chi connectivity index (χ4n) is 5.39. The molecule has 0 radical (unpaired) electrons. The fourth-order valence-corrected chi connectivity index (χ4v) is 5.39. The number of carbonyl (C=O) groups is 3. The number of anilines is 2. The van der Waals surface area contributed by atoms with Crippen LogP contribution >= 0.6 is 0 Å². The lowest BCUT2D eigenvalue weighted by Crippen LogP contribution is -2.65. The number of carbonyl (C=O) groups excluding carboxylic acids is 3. The van der Waals surface area contributed by atoms with Crippen LogP contribution in [0.25, 0.3) is 0 Å². The monoisotopic (exact) mass is 499 g/mol. The molecular formula is C31H35N2O4+. The maximum atomic E-state index is 12.5. The van der Waals surface area contributed by atoms with Crippen molar-refractivity contribution in [2.24, 2.45) is 5.92 Å². The lowest BCUT2D eigenvalue weighted by molar-refractivity contribution is -0.938. The summed E-state index contributed by atoms with van der Waals surface area (Å²) < 4.78 is 6.25. The number of hydrogen-bond acceptors (Lipinski definition) is 5. The summed E-state index contributed by atoms with van der Waals surface area (Å²) in [7, 11) is 0. The molecule has 3 aliphatic rings. The van der Waals surface area contributed by atoms with Gasteiger partial charge < -0.3 is 14.5 Å². The summed E-state index contributed by atoms with van der Waals surface area (Å²) in [6, 6.07) is 26.8. The minimum atomic E-state index is -0.207. The Morgan fingerprint density at radius 3 is 2.05 bits per heavy atom. The average Bonchev–Trinajstić information content (AvgIpc) is 2.90. The Labute approximate surface area is 218 Å². The maximum Gasteiger partial charge on any atom is 0.303 e. The number of ketones is 2. The van der Waals surface area contributed by atoms with Gasteiger partial charge in [0.25, 0.3) is 0 Å². The Morgan fingerprint density at radius 2 is 1.43 bits per heavy atom. The van der Waals surface area contributed by atoms with Gasteiger partial charge in [0, 0.05) is 48.2 Å². The minimum Gasteiger partial charge on any atom is -0.456 e. The molecule has 192 valence electrons. The number of nitrogens with zero attached hydrogens (tertiary/aromatic N) is 1. The van der Waals surface area contributed by atoms with Gasteiger partial charge in [0.1, 0.15) is 13.1 Å². The van der Waals surface area contributed by atoms with E-state index < -0.39 is 0 Å². The number of nitrogens with one attached hydrogen (secondary N) is 1. The predicted octanol–water partition coefficient (Wildman–Crippen LogP) is 5.67. The zero-order valence-electron chi connectivity index (χ0n) is 21.6. The molecule has 3 saturated heterocycles. The molecular weight excluding hydrogens is 464 g/mol. The maximum absolute atomic E-state index is 12.5. The lowest BCUT2D eigenvalue weighted by Gasteiger charge is -2.51. The first-order valence-electron chi connectivity index (χ1n) is 12.9. The van der Waals surface area contributed by atoms with Gasteiger partial charge in [-0.1, -0.05) is 60.7 Å². The molecule has 0 aromatic heterocycles. The van der Waals surface area contributed by atoms with E-state index in [-0.39, 0.29) is 23.6 Å². The van der Waals surface area contributed by atoms with Crippen LogP contribution in [0.15, 0.2) is 84.9 Å². The normalized spacial score (nSPS) is 21.8. The van der Waals surface area contributed by atoms with Crippen LogP contribution < -0.4 is 5.32 Å². The smallest absolute Gasteiger partial charge is 0.303 e. The van der Waals surface area contributed by atoms with E-state index >= 15 is 0 Å². The molecule has 0 amide bonds. The van der Waals surface area contributed by atoms with E-state index in [2.05, 4.69) is 5.32 Å². The highest BCUT2D eigenvalue weighted by atomic mass is 16.5. The van der Waals surface area contributed by atoms with E-state index in [1.807, 2.05) is 84.9 Å². The molecule has 2 bridgehead atoms. The van der Waals surface area contributed by atoms with Crippen molar-refractivity contribution in [2.45, 2.75) is 32.8 Å². The molecule has 6 nitrogen and oxygen atoms in total. The molecule has 1 atom stereocenters. The fraction of sp³-hybridized carbons (Fsp3) is 0.323. The van der Waals surface area contributed by atoms with Gasteiger partial charge in [-0.3, -0.25) is 14.4 Å². The minimum absolute atomic E-state index is 0.00595. The highest BCUT2D eigenvalue weighted by molar-refractivity contribution is 6.00. The number of para-hydroxylation sites is 2. The van der Waals surface area contributed by atoms with E-state index in [9.17, 15) is 14.4 Å². The Morgan fingerprint density at radius 1 is 0.838 bits per heavy atom. The largest absolute Gasteiger partial charge is 0.456 e. The number of rotatable bonds is 7. The van der Waals surface area contributed by atoms with Crippen molar-refractivity contribution < 1.29 is 23.6 Å². The van der Waals surface area contributed by atoms with Crippen LogP contribution in [0.3, 0.4) is 0 Å². The number of hydrogen-bond donors (Lipinski definition) is 1. The van der Waals surface area contributed by atoms with Gasteiger partial charge in [-0.05, 0) is 31.2 Å². The lowest BCUT2D eigenvalue weighted by atomic mass is 9.83. The van der Waals surface area contributed by atoms with Crippen LogP contribution in [0.4, 0.5) is 11.4 Å². The number of ether oxygens (including phenoxy) is 1. The number of fused-ring (bicyclic) bond motifs is 3. The van der Waals surface area contributed by atoms with Gasteiger partial charge in [0.05, 0.1) is 13.1 Å². The molecule has 1 unspecified atom stereocenters. The van der Waals surface area contributed by atoms with Gasteiger partial charge in [-0.15, -0.1) is 0 Å². The third kappa shape index (κ3) is 6.92. The molecule has 3 aromatic rings. The van der Waals surface area contributed by atoms with Gasteiger partial charge in [-0.2, -0.15) is 0 Å². The zero-order valence-corrected chi connectivity index (χ0v) is 21.6. The van der Waals surface area contributed by atoms with Crippen LogP contribution in [0.2, 0.25) is 0 Å². The Balaban J connectivity index is 0.000000180. The van der Waals surface area contributed by atoms with Crippen LogP contribution in [0, 0.1) is 5.92 Å². The van der Waals surface area contributed by atoms with Crippen molar-refractivity contribution in [1.82, 2.24) is 0 Å². The van der Waals surface area contributed by atoms with Gasteiger partial charge in [0.15, 0.2) is 11.9 Å². The molecule has 3 aliphatic heterocycles. The number of Topliss-reactive ketones (excluding diaryl/α,β-unsaturated/α-hetero) is 2. The van der Waals surface area contributed by atoms with E-state index in [4.69, 9.17) is 4.74 Å². The second-order valence-electron chi connectivity index (χ2n) is 10.00. The van der Waals surface area contributed by atoms with Crippen LogP contribution in [0.1, 0.15) is 47.4 Å². The zero-order chi connectivity index (χ0) is 26.3. The summed E-state index contributed by atoms with van der Waals surface area (Å²) in [5.74, 6) is 0.540. The van der Waals surface area contributed by atoms with Gasteiger partial charge >= 0.3 is 5.97 Å². The first-order valence-corrected chi connectivity index (χ1v) is 12.9. The molecule has 0 aliphatic carbocycles. The third-order valence-corrected chi connectivity index (χ3v) is 7.29. The molecule has 0 saturated carbocycles. The SMILES string of the molecule is CC(=O)OC1C[N+]2(CC(=O)c3ccccc3)CCC1CC2.CC(=O)c1ccccc1Nc1ccccc1. The van der Waals surface area contributed by atoms with Crippen LogP contribution in [-0.4, -0.2) is 54.3 Å². The molecule has 3 fully saturated rings. The summed E-state index contributed by atoms with van der Waals surface area (Å²) in [5, 5.41) is 3.23. The van der Waals surface area contributed by atoms with E-state index in [0.717, 1.165) is 53.9 Å². The average molecular weight is 500 g/mol. The molecule has 1 N–H and O–H groups in total. The van der Waals surface area contributed by atoms with Crippen molar-refractivity contribution in [3.63, 3.8) is 0 Å². The highest BCUT2D eigenvalue weighted by Gasteiger charge is 2.48. The molecule has 3 aromatic carbocycles. The van der Waals surface area contributed by atoms with Crippen molar-refractivity contribution in [1.29, 1.82) is 0 Å². The summed E-state index contributed by atoms with van der Waals surface area (Å²) in [6.45, 7) is 6.42. The summed E-state index contributed by atoms with van der Waals surface area (Å²) in [5.41, 5.74) is 3.32. The molecule has 3 heterocycles. The van der Waals surface area contributed by atoms with E-state index in [1.165, 1.54) is 6.92 Å². The molecule has 6 rings (SSSR count). The number of esters is 1. The molecule has 0 spiro atoms. The quantitative estimate of drug-likeness (QED) is 0.257. The number of piperidine rings is 3. The topological polar surface area (TPSA) is 72.5 Å². The molecule has 37 heavy (non-hydrogen) atoms. The molecule has 6 heteroatoms. The third-order valence-electron chi connectivity index (χ3n) is 7.29. The van der Waals surface area contributed by atoms with Gasteiger partial charge in [-0.25, -0.2) is 0 Å². The Bertz CT molecular complexity index is 1220. The second-order valence-corrected chi connectivity index (χ2v) is 10.00. The highest BCUT2D eigenvalue weighted by Crippen LogP contribution is 2.35. The number of benzene rings is 3.